The molecule has 0 aliphatic heterocycles. The summed E-state index contributed by atoms with van der Waals surface area (Å²) in [6.07, 6.45) is 0. The van der Waals surface area contributed by atoms with Crippen LogP contribution < -0.4 is 11.1 Å². The largest absolute Gasteiger partial charge is 0.465 e. The Morgan fingerprint density at radius 1 is 1.38 bits per heavy atom. The number of hydrogen-bond donors (Lipinski definition) is 2. The number of hydrogen-bond acceptors (Lipinski definition) is 5. The van der Waals surface area contributed by atoms with Gasteiger partial charge in [0, 0.05) is 5.69 Å². The zero-order valence-corrected chi connectivity index (χ0v) is 11.2. The van der Waals surface area contributed by atoms with Gasteiger partial charge < -0.3 is 15.8 Å². The van der Waals surface area contributed by atoms with Gasteiger partial charge in [-0.2, -0.15) is 5.26 Å². The van der Waals surface area contributed by atoms with E-state index in [1.54, 1.807) is 18.2 Å². The fourth-order valence-electron chi connectivity index (χ4n) is 1.81. The number of carbonyl (C=O) groups excluding carboxylic acids is 1. The minimum absolute atomic E-state index is 0.0808. The van der Waals surface area contributed by atoms with Crippen LogP contribution in [0.25, 0.3) is 0 Å². The molecule has 0 amide bonds. The van der Waals surface area contributed by atoms with Gasteiger partial charge in [0.2, 0.25) is 0 Å². The van der Waals surface area contributed by atoms with E-state index >= 15 is 0 Å². The van der Waals surface area contributed by atoms with Gasteiger partial charge in [-0.05, 0) is 30.3 Å². The molecule has 0 aliphatic rings. The van der Waals surface area contributed by atoms with Crippen molar-refractivity contribution >= 4 is 23.0 Å². The summed E-state index contributed by atoms with van der Waals surface area (Å²) in [7, 11) is 1.26. The molecular weight excluding hydrogens is 273 g/mol. The molecule has 21 heavy (non-hydrogen) atoms. The Labute approximate surface area is 120 Å². The summed E-state index contributed by atoms with van der Waals surface area (Å²) in [5, 5.41) is 11.8. The number of rotatable bonds is 3. The lowest BCUT2D eigenvalue weighted by atomic mass is 10.1. The Bertz CT molecular complexity index is 738. The van der Waals surface area contributed by atoms with Crippen LogP contribution in [-0.4, -0.2) is 13.1 Å². The molecular formula is C15H12FN3O2. The van der Waals surface area contributed by atoms with Gasteiger partial charge in [0.1, 0.15) is 11.9 Å². The quantitative estimate of drug-likeness (QED) is 0.668. The van der Waals surface area contributed by atoms with Crippen LogP contribution in [0.2, 0.25) is 0 Å². The lowest BCUT2D eigenvalue weighted by Crippen LogP contribution is -2.07. The molecule has 6 heteroatoms. The molecule has 0 unspecified atom stereocenters. The molecule has 0 radical (unpaired) electrons. The highest BCUT2D eigenvalue weighted by Gasteiger charge is 2.13. The monoisotopic (exact) mass is 285 g/mol. The Morgan fingerprint density at radius 2 is 2.14 bits per heavy atom. The molecule has 2 aromatic carbocycles. The molecule has 0 aromatic heterocycles. The summed E-state index contributed by atoms with van der Waals surface area (Å²) >= 11 is 0. The number of para-hydroxylation sites is 1. The first kappa shape index (κ1) is 14.3. The second kappa shape index (κ2) is 5.92. The predicted octanol–water partition coefficient (Wildman–Crippen LogP) is 2.81. The number of ether oxygens (including phenoxy) is 1. The number of nitriles is 1. The Kier molecular flexibility index (Phi) is 4.05. The molecule has 0 bridgehead atoms. The molecule has 3 N–H and O–H groups in total. The van der Waals surface area contributed by atoms with E-state index in [-0.39, 0.29) is 16.8 Å². The summed E-state index contributed by atoms with van der Waals surface area (Å²) in [4.78, 5) is 11.6. The Morgan fingerprint density at radius 3 is 2.81 bits per heavy atom. The van der Waals surface area contributed by atoms with Gasteiger partial charge >= 0.3 is 5.97 Å². The highest BCUT2D eigenvalue weighted by Crippen LogP contribution is 2.27. The Hall–Kier alpha value is -3.07. The van der Waals surface area contributed by atoms with Crippen LogP contribution in [0.5, 0.6) is 0 Å². The first-order chi connectivity index (χ1) is 10.1. The smallest absolute Gasteiger partial charge is 0.340 e. The van der Waals surface area contributed by atoms with Crippen LogP contribution in [0.1, 0.15) is 15.9 Å². The van der Waals surface area contributed by atoms with Crippen molar-refractivity contribution in [3.63, 3.8) is 0 Å². The number of halogens is 1. The lowest BCUT2D eigenvalue weighted by Gasteiger charge is -2.12. The molecule has 0 fully saturated rings. The summed E-state index contributed by atoms with van der Waals surface area (Å²) in [6.45, 7) is 0. The highest BCUT2D eigenvalue weighted by atomic mass is 19.1. The van der Waals surface area contributed by atoms with Crippen molar-refractivity contribution in [2.24, 2.45) is 0 Å². The van der Waals surface area contributed by atoms with E-state index in [0.717, 1.165) is 0 Å². The van der Waals surface area contributed by atoms with Gasteiger partial charge in [0.25, 0.3) is 0 Å². The second-order valence-electron chi connectivity index (χ2n) is 4.19. The van der Waals surface area contributed by atoms with Gasteiger partial charge in [-0.3, -0.25) is 0 Å². The molecule has 0 aliphatic carbocycles. The van der Waals surface area contributed by atoms with E-state index in [2.05, 4.69) is 10.1 Å². The van der Waals surface area contributed by atoms with E-state index in [1.165, 1.54) is 31.4 Å². The van der Waals surface area contributed by atoms with Gasteiger partial charge in [-0.1, -0.05) is 6.07 Å². The summed E-state index contributed by atoms with van der Waals surface area (Å²) in [6, 6.07) is 10.6. The molecule has 0 spiro atoms. The molecule has 0 saturated carbocycles. The molecule has 0 heterocycles. The molecule has 2 rings (SSSR count). The number of nitrogens with two attached hydrogens (primary N) is 1. The number of nitrogen functional groups attached to an aromatic ring is 1. The first-order valence-electron chi connectivity index (χ1n) is 6.00. The lowest BCUT2D eigenvalue weighted by molar-refractivity contribution is 0.0602. The summed E-state index contributed by atoms with van der Waals surface area (Å²) in [5.74, 6) is -1.15. The van der Waals surface area contributed by atoms with Crippen molar-refractivity contribution in [1.82, 2.24) is 0 Å². The number of methoxy groups -OCH3 is 1. The fraction of sp³-hybridized carbons (Fsp3) is 0.0667. The maximum absolute atomic E-state index is 13.3. The molecule has 5 nitrogen and oxygen atoms in total. The first-order valence-corrected chi connectivity index (χ1v) is 6.00. The molecule has 106 valence electrons. The third-order valence-corrected chi connectivity index (χ3v) is 2.88. The normalized spacial score (nSPS) is 9.76. The fourth-order valence-corrected chi connectivity index (χ4v) is 1.81. The summed E-state index contributed by atoms with van der Waals surface area (Å²) in [5.41, 5.74) is 7.22. The molecule has 0 saturated heterocycles. The van der Waals surface area contributed by atoms with Crippen molar-refractivity contribution in [3.8, 4) is 6.07 Å². The van der Waals surface area contributed by atoms with E-state index in [9.17, 15) is 9.18 Å². The second-order valence-corrected chi connectivity index (χ2v) is 4.19. The van der Waals surface area contributed by atoms with Gasteiger partial charge in [-0.25, -0.2) is 9.18 Å². The maximum atomic E-state index is 13.3. The van der Waals surface area contributed by atoms with Gasteiger partial charge in [0.15, 0.2) is 0 Å². The van der Waals surface area contributed by atoms with E-state index in [4.69, 9.17) is 11.0 Å². The van der Waals surface area contributed by atoms with E-state index < -0.39 is 11.8 Å². The van der Waals surface area contributed by atoms with Crippen LogP contribution in [-0.2, 0) is 4.74 Å². The van der Waals surface area contributed by atoms with E-state index in [0.29, 0.717) is 11.4 Å². The third kappa shape index (κ3) is 2.92. The average Bonchev–Trinajstić information content (AvgIpc) is 2.50. The predicted molar refractivity (Wildman–Crippen MR) is 76.6 cm³/mol. The Balaban J connectivity index is 2.37. The topological polar surface area (TPSA) is 88.1 Å². The minimum Gasteiger partial charge on any atom is -0.465 e. The number of nitrogens with one attached hydrogen (secondary N) is 1. The number of benzene rings is 2. The zero-order chi connectivity index (χ0) is 15.4. The average molecular weight is 285 g/mol. The van der Waals surface area contributed by atoms with Crippen LogP contribution in [0.3, 0.4) is 0 Å². The van der Waals surface area contributed by atoms with Crippen molar-refractivity contribution in [1.29, 1.82) is 5.26 Å². The maximum Gasteiger partial charge on any atom is 0.340 e. The number of carbonyl (C=O) groups is 1. The number of nitrogens with zero attached hydrogens (tertiary/aromatic N) is 1. The SMILES string of the molecule is COC(=O)c1cccc(Nc2ccc(F)c(C#N)c2)c1N. The minimum atomic E-state index is -0.598. The van der Waals surface area contributed by atoms with Gasteiger partial charge in [0.05, 0.1) is 29.6 Å². The van der Waals surface area contributed by atoms with Crippen molar-refractivity contribution in [2.75, 3.05) is 18.2 Å². The van der Waals surface area contributed by atoms with Crippen molar-refractivity contribution < 1.29 is 13.9 Å². The van der Waals surface area contributed by atoms with Crippen molar-refractivity contribution in [2.45, 2.75) is 0 Å². The molecule has 2 aromatic rings. The molecule has 0 atom stereocenters. The van der Waals surface area contributed by atoms with Crippen LogP contribution in [0, 0.1) is 17.1 Å². The third-order valence-electron chi connectivity index (χ3n) is 2.88. The van der Waals surface area contributed by atoms with Crippen LogP contribution in [0.4, 0.5) is 21.5 Å². The number of anilines is 3. The van der Waals surface area contributed by atoms with Gasteiger partial charge in [-0.15, -0.1) is 0 Å². The van der Waals surface area contributed by atoms with Crippen molar-refractivity contribution in [3.05, 3.63) is 53.3 Å². The standard InChI is InChI=1S/C15H12FN3O2/c1-21-15(20)11-3-2-4-13(14(11)18)19-10-5-6-12(16)9(7-10)8-17/h2-7,19H,18H2,1H3. The van der Waals surface area contributed by atoms with E-state index in [1.807, 2.05) is 0 Å². The number of esters is 1. The zero-order valence-electron chi connectivity index (χ0n) is 11.2. The van der Waals surface area contributed by atoms with Crippen LogP contribution >= 0.6 is 0 Å². The summed E-state index contributed by atoms with van der Waals surface area (Å²) < 4.78 is 17.9. The van der Waals surface area contributed by atoms with Crippen LogP contribution in [0.15, 0.2) is 36.4 Å². The highest BCUT2D eigenvalue weighted by molar-refractivity contribution is 5.98.